The van der Waals surface area contributed by atoms with Crippen LogP contribution in [0.25, 0.3) is 10.9 Å². The predicted molar refractivity (Wildman–Crippen MR) is 73.6 cm³/mol. The van der Waals surface area contributed by atoms with E-state index in [9.17, 15) is 0 Å². The summed E-state index contributed by atoms with van der Waals surface area (Å²) in [5.74, 6) is 0.929. The first-order valence-corrected chi connectivity index (χ1v) is 6.52. The Hall–Kier alpha value is -1.61. The molecule has 2 aromatic rings. The van der Waals surface area contributed by atoms with Gasteiger partial charge in [0.25, 0.3) is 0 Å². The SMILES string of the molecule is OCCC1(CNc2ccc3ccccc3n2)CC1. The van der Waals surface area contributed by atoms with Crippen LogP contribution in [0.2, 0.25) is 0 Å². The third-order valence-electron chi connectivity index (χ3n) is 3.84. The summed E-state index contributed by atoms with van der Waals surface area (Å²) >= 11 is 0. The highest BCUT2D eigenvalue weighted by molar-refractivity contribution is 5.80. The molecule has 0 unspecified atom stereocenters. The number of nitrogens with one attached hydrogen (secondary N) is 1. The van der Waals surface area contributed by atoms with E-state index in [4.69, 9.17) is 5.11 Å². The number of hydrogen-bond acceptors (Lipinski definition) is 3. The van der Waals surface area contributed by atoms with Crippen LogP contribution in [0.5, 0.6) is 0 Å². The second-order valence-electron chi connectivity index (χ2n) is 5.22. The molecule has 1 aromatic heterocycles. The molecule has 1 aromatic carbocycles. The molecular weight excluding hydrogens is 224 g/mol. The molecule has 0 atom stereocenters. The van der Waals surface area contributed by atoms with Crippen molar-refractivity contribution in [3.05, 3.63) is 36.4 Å². The number of aliphatic hydroxyl groups is 1. The van der Waals surface area contributed by atoms with Crippen LogP contribution >= 0.6 is 0 Å². The van der Waals surface area contributed by atoms with Gasteiger partial charge in [0.05, 0.1) is 5.52 Å². The van der Waals surface area contributed by atoms with E-state index in [1.165, 1.54) is 18.2 Å². The van der Waals surface area contributed by atoms with Crippen LogP contribution < -0.4 is 5.32 Å². The molecule has 1 heterocycles. The van der Waals surface area contributed by atoms with Crippen molar-refractivity contribution in [3.8, 4) is 0 Å². The van der Waals surface area contributed by atoms with E-state index >= 15 is 0 Å². The third kappa shape index (κ3) is 2.31. The summed E-state index contributed by atoms with van der Waals surface area (Å²) in [4.78, 5) is 4.59. The topological polar surface area (TPSA) is 45.1 Å². The monoisotopic (exact) mass is 242 g/mol. The number of aromatic nitrogens is 1. The molecule has 3 nitrogen and oxygen atoms in total. The molecule has 18 heavy (non-hydrogen) atoms. The van der Waals surface area contributed by atoms with Crippen molar-refractivity contribution in [2.75, 3.05) is 18.5 Å². The van der Waals surface area contributed by atoms with Crippen LogP contribution in [0.3, 0.4) is 0 Å². The Bertz CT molecular complexity index is 549. The van der Waals surface area contributed by atoms with E-state index in [1.807, 2.05) is 24.3 Å². The Morgan fingerprint density at radius 3 is 2.78 bits per heavy atom. The van der Waals surface area contributed by atoms with Crippen molar-refractivity contribution >= 4 is 16.7 Å². The maximum Gasteiger partial charge on any atom is 0.126 e. The van der Waals surface area contributed by atoms with Gasteiger partial charge in [-0.1, -0.05) is 18.2 Å². The summed E-state index contributed by atoms with van der Waals surface area (Å²) < 4.78 is 0. The molecule has 3 heteroatoms. The fourth-order valence-corrected chi connectivity index (χ4v) is 2.37. The minimum Gasteiger partial charge on any atom is -0.396 e. The molecule has 94 valence electrons. The molecule has 1 aliphatic carbocycles. The first-order chi connectivity index (χ1) is 8.81. The lowest BCUT2D eigenvalue weighted by molar-refractivity contribution is 0.253. The van der Waals surface area contributed by atoms with E-state index in [0.29, 0.717) is 5.41 Å². The molecular formula is C15H18N2O. The Labute approximate surface area is 107 Å². The fraction of sp³-hybridized carbons (Fsp3) is 0.400. The number of hydrogen-bond donors (Lipinski definition) is 2. The quantitative estimate of drug-likeness (QED) is 0.847. The number of benzene rings is 1. The Morgan fingerprint density at radius 2 is 2.00 bits per heavy atom. The fourth-order valence-electron chi connectivity index (χ4n) is 2.37. The average Bonchev–Trinajstić information content (AvgIpc) is 3.17. The highest BCUT2D eigenvalue weighted by Crippen LogP contribution is 2.48. The van der Waals surface area contributed by atoms with Crippen LogP contribution in [0, 0.1) is 5.41 Å². The molecule has 0 bridgehead atoms. The highest BCUT2D eigenvalue weighted by atomic mass is 16.3. The van der Waals surface area contributed by atoms with Gasteiger partial charge in [-0.3, -0.25) is 0 Å². The summed E-state index contributed by atoms with van der Waals surface area (Å²) in [5, 5.41) is 13.6. The van der Waals surface area contributed by atoms with Crippen molar-refractivity contribution in [1.82, 2.24) is 4.98 Å². The Kier molecular flexibility index (Phi) is 2.92. The molecule has 1 aliphatic rings. The van der Waals surface area contributed by atoms with Crippen molar-refractivity contribution < 1.29 is 5.11 Å². The van der Waals surface area contributed by atoms with Gasteiger partial charge in [0, 0.05) is 18.5 Å². The summed E-state index contributed by atoms with van der Waals surface area (Å²) in [6.07, 6.45) is 3.33. The summed E-state index contributed by atoms with van der Waals surface area (Å²) in [7, 11) is 0. The van der Waals surface area contributed by atoms with Crippen LogP contribution in [0.1, 0.15) is 19.3 Å². The number of fused-ring (bicyclic) bond motifs is 1. The summed E-state index contributed by atoms with van der Waals surface area (Å²) in [6.45, 7) is 1.20. The van der Waals surface area contributed by atoms with Crippen LogP contribution in [0.4, 0.5) is 5.82 Å². The predicted octanol–water partition coefficient (Wildman–Crippen LogP) is 2.81. The average molecular weight is 242 g/mol. The van der Waals surface area contributed by atoms with Crippen LogP contribution in [-0.2, 0) is 0 Å². The lowest BCUT2D eigenvalue weighted by atomic mass is 10.0. The molecule has 0 saturated heterocycles. The zero-order chi connectivity index (χ0) is 12.4. The smallest absolute Gasteiger partial charge is 0.126 e. The van der Waals surface area contributed by atoms with Crippen molar-refractivity contribution in [2.24, 2.45) is 5.41 Å². The van der Waals surface area contributed by atoms with Gasteiger partial charge >= 0.3 is 0 Å². The second-order valence-corrected chi connectivity index (χ2v) is 5.22. The van der Waals surface area contributed by atoms with E-state index < -0.39 is 0 Å². The van der Waals surface area contributed by atoms with E-state index in [-0.39, 0.29) is 6.61 Å². The van der Waals surface area contributed by atoms with Gasteiger partial charge in [-0.05, 0) is 42.9 Å². The van der Waals surface area contributed by atoms with E-state index in [0.717, 1.165) is 24.3 Å². The number of rotatable bonds is 5. The molecule has 0 radical (unpaired) electrons. The first kappa shape index (κ1) is 11.5. The zero-order valence-electron chi connectivity index (χ0n) is 10.4. The lowest BCUT2D eigenvalue weighted by Gasteiger charge is -2.15. The summed E-state index contributed by atoms with van der Waals surface area (Å²) in [5.41, 5.74) is 1.34. The molecule has 3 rings (SSSR count). The standard InChI is InChI=1S/C15H18N2O/c18-10-9-15(7-8-15)11-16-14-6-5-12-3-1-2-4-13(12)17-14/h1-6,18H,7-11H2,(H,16,17). The molecule has 0 aliphatic heterocycles. The van der Waals surface area contributed by atoms with Crippen molar-refractivity contribution in [2.45, 2.75) is 19.3 Å². The number of nitrogens with zero attached hydrogens (tertiary/aromatic N) is 1. The third-order valence-corrected chi connectivity index (χ3v) is 3.84. The van der Waals surface area contributed by atoms with Gasteiger partial charge in [-0.25, -0.2) is 4.98 Å². The van der Waals surface area contributed by atoms with Gasteiger partial charge in [0.15, 0.2) is 0 Å². The zero-order valence-corrected chi connectivity index (χ0v) is 10.4. The Balaban J connectivity index is 1.71. The summed E-state index contributed by atoms with van der Waals surface area (Å²) in [6, 6.07) is 12.2. The normalized spacial score (nSPS) is 16.7. The number of pyridine rings is 1. The number of aliphatic hydroxyl groups excluding tert-OH is 1. The first-order valence-electron chi connectivity index (χ1n) is 6.52. The molecule has 1 fully saturated rings. The van der Waals surface area contributed by atoms with Crippen LogP contribution in [0.15, 0.2) is 36.4 Å². The van der Waals surface area contributed by atoms with Gasteiger partial charge in [-0.2, -0.15) is 0 Å². The maximum absolute atomic E-state index is 9.04. The second kappa shape index (κ2) is 4.58. The molecule has 0 spiro atoms. The van der Waals surface area contributed by atoms with Crippen molar-refractivity contribution in [3.63, 3.8) is 0 Å². The molecule has 2 N–H and O–H groups in total. The molecule has 1 saturated carbocycles. The van der Waals surface area contributed by atoms with Crippen molar-refractivity contribution in [1.29, 1.82) is 0 Å². The van der Waals surface area contributed by atoms with Gasteiger partial charge < -0.3 is 10.4 Å². The molecule has 0 amide bonds. The minimum absolute atomic E-state index is 0.285. The largest absolute Gasteiger partial charge is 0.396 e. The minimum atomic E-state index is 0.285. The highest BCUT2D eigenvalue weighted by Gasteiger charge is 2.41. The number of anilines is 1. The number of para-hydroxylation sites is 1. The van der Waals surface area contributed by atoms with Gasteiger partial charge in [0.2, 0.25) is 0 Å². The maximum atomic E-state index is 9.04. The van der Waals surface area contributed by atoms with Gasteiger partial charge in [0.1, 0.15) is 5.82 Å². The van der Waals surface area contributed by atoms with E-state index in [1.54, 1.807) is 0 Å². The lowest BCUT2D eigenvalue weighted by Crippen LogP contribution is -2.17. The van der Waals surface area contributed by atoms with E-state index in [2.05, 4.69) is 22.4 Å². The van der Waals surface area contributed by atoms with Crippen LogP contribution in [-0.4, -0.2) is 23.2 Å². The van der Waals surface area contributed by atoms with Gasteiger partial charge in [-0.15, -0.1) is 0 Å². The Morgan fingerprint density at radius 1 is 1.17 bits per heavy atom.